The summed E-state index contributed by atoms with van der Waals surface area (Å²) in [4.78, 5) is 12.1. The van der Waals surface area contributed by atoms with E-state index in [4.69, 9.17) is 14.4 Å². The monoisotopic (exact) mass is 337 g/mol. The summed E-state index contributed by atoms with van der Waals surface area (Å²) < 4.78 is 23.7. The molecule has 3 aromatic rings. The van der Waals surface area contributed by atoms with Crippen LogP contribution in [-0.2, 0) is 4.74 Å². The van der Waals surface area contributed by atoms with Gasteiger partial charge in [-0.15, -0.1) is 10.2 Å². The molecular weight excluding hydrogens is 325 g/mol. The van der Waals surface area contributed by atoms with Crippen molar-refractivity contribution >= 4 is 5.97 Å². The van der Waals surface area contributed by atoms with Gasteiger partial charge in [-0.05, 0) is 55.5 Å². The van der Waals surface area contributed by atoms with Crippen molar-refractivity contribution in [2.45, 2.75) is 13.0 Å². The molecule has 0 radical (unpaired) electrons. The molecule has 25 heavy (non-hydrogen) atoms. The highest BCUT2D eigenvalue weighted by Gasteiger charge is 2.20. The summed E-state index contributed by atoms with van der Waals surface area (Å²) in [5.41, 5.74) is 1.32. The number of benzene rings is 2. The van der Waals surface area contributed by atoms with Gasteiger partial charge in [0.2, 0.25) is 5.89 Å². The maximum absolute atomic E-state index is 12.9. The topological polar surface area (TPSA) is 89.0 Å². The Balaban J connectivity index is 1.70. The molecule has 1 heterocycles. The van der Waals surface area contributed by atoms with Crippen molar-refractivity contribution in [2.24, 2.45) is 0 Å². The second kappa shape index (κ2) is 6.93. The molecule has 0 saturated heterocycles. The van der Waals surface area contributed by atoms with Crippen molar-refractivity contribution in [1.29, 1.82) is 5.26 Å². The molecule has 0 unspecified atom stereocenters. The Morgan fingerprint density at radius 3 is 2.48 bits per heavy atom. The maximum Gasteiger partial charge on any atom is 0.338 e. The van der Waals surface area contributed by atoms with Crippen molar-refractivity contribution in [2.75, 3.05) is 0 Å². The molecule has 7 heteroatoms. The number of carbonyl (C=O) groups excluding carboxylic acids is 1. The van der Waals surface area contributed by atoms with Crippen LogP contribution in [0.2, 0.25) is 0 Å². The third kappa shape index (κ3) is 3.70. The predicted octanol–water partition coefficient (Wildman–Crippen LogP) is 3.67. The normalized spacial score (nSPS) is 11.6. The van der Waals surface area contributed by atoms with Gasteiger partial charge >= 0.3 is 5.97 Å². The minimum Gasteiger partial charge on any atom is -0.449 e. The number of hydrogen-bond donors (Lipinski definition) is 0. The molecular formula is C18H12FN3O3. The maximum atomic E-state index is 12.9. The molecule has 3 rings (SSSR count). The van der Waals surface area contributed by atoms with E-state index in [9.17, 15) is 9.18 Å². The second-order valence-corrected chi connectivity index (χ2v) is 5.19. The largest absolute Gasteiger partial charge is 0.449 e. The molecule has 0 spiro atoms. The summed E-state index contributed by atoms with van der Waals surface area (Å²) in [5, 5.41) is 16.5. The fourth-order valence-electron chi connectivity index (χ4n) is 2.07. The van der Waals surface area contributed by atoms with Gasteiger partial charge in [-0.2, -0.15) is 5.26 Å². The van der Waals surface area contributed by atoms with Gasteiger partial charge < -0.3 is 9.15 Å². The van der Waals surface area contributed by atoms with E-state index in [-0.39, 0.29) is 17.6 Å². The molecule has 124 valence electrons. The van der Waals surface area contributed by atoms with Gasteiger partial charge in [0.25, 0.3) is 5.89 Å². The molecule has 0 fully saturated rings. The van der Waals surface area contributed by atoms with E-state index in [0.717, 1.165) is 0 Å². The first kappa shape index (κ1) is 16.3. The summed E-state index contributed by atoms with van der Waals surface area (Å²) in [6, 6.07) is 13.6. The number of aromatic nitrogens is 2. The van der Waals surface area contributed by atoms with Gasteiger partial charge in [-0.1, -0.05) is 0 Å². The van der Waals surface area contributed by atoms with Crippen molar-refractivity contribution in [1.82, 2.24) is 10.2 Å². The lowest BCUT2D eigenvalue weighted by Gasteiger charge is -2.09. The quantitative estimate of drug-likeness (QED) is 0.675. The Bertz CT molecular complexity index is 927. The van der Waals surface area contributed by atoms with Gasteiger partial charge in [0, 0.05) is 5.56 Å². The minimum atomic E-state index is -0.759. The standard InChI is InChI=1S/C18H12FN3O3/c1-11(24-18(23)14-4-2-12(10-20)3-5-14)16-21-22-17(25-16)13-6-8-15(19)9-7-13/h2-9,11H,1H3/t11-/m1/s1. The lowest BCUT2D eigenvalue weighted by molar-refractivity contribution is 0.0280. The molecule has 0 aliphatic carbocycles. The Hall–Kier alpha value is -3.53. The zero-order valence-corrected chi connectivity index (χ0v) is 13.1. The summed E-state index contributed by atoms with van der Waals surface area (Å²) in [7, 11) is 0. The average molecular weight is 337 g/mol. The first-order valence-electron chi connectivity index (χ1n) is 7.37. The van der Waals surface area contributed by atoms with Crippen molar-refractivity contribution in [3.05, 3.63) is 71.4 Å². The predicted molar refractivity (Wildman–Crippen MR) is 84.7 cm³/mol. The first-order valence-corrected chi connectivity index (χ1v) is 7.37. The van der Waals surface area contributed by atoms with Crippen LogP contribution >= 0.6 is 0 Å². The number of carbonyl (C=O) groups is 1. The molecule has 1 aromatic heterocycles. The Kier molecular flexibility index (Phi) is 4.53. The van der Waals surface area contributed by atoms with Gasteiger partial charge in [-0.25, -0.2) is 9.18 Å². The molecule has 1 atom stereocenters. The van der Waals surface area contributed by atoms with E-state index in [1.54, 1.807) is 6.92 Å². The van der Waals surface area contributed by atoms with E-state index < -0.39 is 12.1 Å². The fourth-order valence-corrected chi connectivity index (χ4v) is 2.07. The lowest BCUT2D eigenvalue weighted by Crippen LogP contribution is -2.09. The molecule has 0 amide bonds. The Labute approximate surface area is 142 Å². The minimum absolute atomic E-state index is 0.126. The lowest BCUT2D eigenvalue weighted by atomic mass is 10.1. The van der Waals surface area contributed by atoms with Gasteiger partial charge in [0.1, 0.15) is 5.82 Å². The highest BCUT2D eigenvalue weighted by molar-refractivity contribution is 5.89. The number of rotatable bonds is 4. The van der Waals surface area contributed by atoms with Crippen LogP contribution in [0.5, 0.6) is 0 Å². The van der Waals surface area contributed by atoms with Crippen LogP contribution in [0.25, 0.3) is 11.5 Å². The Morgan fingerprint density at radius 1 is 1.16 bits per heavy atom. The van der Waals surface area contributed by atoms with Gasteiger partial charge in [-0.3, -0.25) is 0 Å². The fraction of sp³-hybridized carbons (Fsp3) is 0.111. The van der Waals surface area contributed by atoms with E-state index in [1.807, 2.05) is 6.07 Å². The zero-order chi connectivity index (χ0) is 17.8. The number of hydrogen-bond acceptors (Lipinski definition) is 6. The van der Waals surface area contributed by atoms with Crippen LogP contribution in [-0.4, -0.2) is 16.2 Å². The highest BCUT2D eigenvalue weighted by Crippen LogP contribution is 2.23. The second-order valence-electron chi connectivity index (χ2n) is 5.19. The van der Waals surface area contributed by atoms with Crippen LogP contribution < -0.4 is 0 Å². The number of nitrogens with zero attached hydrogens (tertiary/aromatic N) is 3. The van der Waals surface area contributed by atoms with E-state index in [1.165, 1.54) is 48.5 Å². The van der Waals surface area contributed by atoms with Crippen molar-refractivity contribution < 1.29 is 18.3 Å². The molecule has 6 nitrogen and oxygen atoms in total. The Morgan fingerprint density at radius 2 is 1.84 bits per heavy atom. The highest BCUT2D eigenvalue weighted by atomic mass is 19.1. The molecule has 2 aromatic carbocycles. The SMILES string of the molecule is C[C@@H](OC(=O)c1ccc(C#N)cc1)c1nnc(-c2ccc(F)cc2)o1. The molecule has 0 aliphatic rings. The van der Waals surface area contributed by atoms with E-state index in [0.29, 0.717) is 16.7 Å². The van der Waals surface area contributed by atoms with Crippen LogP contribution in [0.3, 0.4) is 0 Å². The average Bonchev–Trinajstić information content (AvgIpc) is 3.12. The molecule has 0 saturated carbocycles. The summed E-state index contributed by atoms with van der Waals surface area (Å²) >= 11 is 0. The zero-order valence-electron chi connectivity index (χ0n) is 13.1. The number of ether oxygens (including phenoxy) is 1. The number of nitriles is 1. The van der Waals surface area contributed by atoms with Gasteiger partial charge in [0.15, 0.2) is 6.10 Å². The smallest absolute Gasteiger partial charge is 0.338 e. The number of halogens is 1. The summed E-state index contributed by atoms with van der Waals surface area (Å²) in [6.45, 7) is 1.60. The van der Waals surface area contributed by atoms with Crippen LogP contribution in [0, 0.1) is 17.1 Å². The van der Waals surface area contributed by atoms with E-state index >= 15 is 0 Å². The number of esters is 1. The summed E-state index contributed by atoms with van der Waals surface area (Å²) in [6.07, 6.45) is -0.759. The van der Waals surface area contributed by atoms with Crippen LogP contribution in [0.1, 0.15) is 34.8 Å². The van der Waals surface area contributed by atoms with Crippen molar-refractivity contribution in [3.8, 4) is 17.5 Å². The third-order valence-corrected chi connectivity index (χ3v) is 3.41. The van der Waals surface area contributed by atoms with E-state index in [2.05, 4.69) is 10.2 Å². The molecule has 0 bridgehead atoms. The van der Waals surface area contributed by atoms with Gasteiger partial charge in [0.05, 0.1) is 17.2 Å². The first-order chi connectivity index (χ1) is 12.1. The van der Waals surface area contributed by atoms with Crippen LogP contribution in [0.4, 0.5) is 4.39 Å². The summed E-state index contributed by atoms with van der Waals surface area (Å²) in [5.74, 6) is -0.607. The molecule has 0 N–H and O–H groups in total. The third-order valence-electron chi connectivity index (χ3n) is 3.41. The van der Waals surface area contributed by atoms with Crippen LogP contribution in [0.15, 0.2) is 52.9 Å². The van der Waals surface area contributed by atoms with Crippen molar-refractivity contribution in [3.63, 3.8) is 0 Å². The molecule has 0 aliphatic heterocycles.